The van der Waals surface area contributed by atoms with Crippen molar-refractivity contribution in [1.82, 2.24) is 4.90 Å². The second kappa shape index (κ2) is 8.71. The number of carbonyl (C=O) groups is 1. The van der Waals surface area contributed by atoms with E-state index in [9.17, 15) is 9.18 Å². The Morgan fingerprint density at radius 2 is 1.89 bits per heavy atom. The van der Waals surface area contributed by atoms with E-state index in [-0.39, 0.29) is 17.6 Å². The molecule has 0 spiro atoms. The molecule has 0 bridgehead atoms. The number of halogens is 2. The first-order valence-corrected chi connectivity index (χ1v) is 9.67. The molecule has 0 aliphatic carbocycles. The lowest BCUT2D eigenvalue weighted by Gasteiger charge is -2.38. The smallest absolute Gasteiger partial charge is 0.241 e. The summed E-state index contributed by atoms with van der Waals surface area (Å²) in [5, 5.41) is 2.69. The third kappa shape index (κ3) is 4.59. The highest BCUT2D eigenvalue weighted by Gasteiger charge is 2.27. The molecule has 7 heteroatoms. The summed E-state index contributed by atoms with van der Waals surface area (Å²) in [7, 11) is 1.67. The fourth-order valence-corrected chi connectivity index (χ4v) is 3.57. The Morgan fingerprint density at radius 1 is 1.19 bits per heavy atom. The number of methoxy groups -OCH3 is 1. The predicted octanol–water partition coefficient (Wildman–Crippen LogP) is 3.75. The number of nitrogens with zero attached hydrogens (tertiary/aromatic N) is 2. The molecule has 1 amide bonds. The van der Waals surface area contributed by atoms with Crippen molar-refractivity contribution in [2.24, 2.45) is 0 Å². The maximum atomic E-state index is 13.9. The number of benzene rings is 2. The van der Waals surface area contributed by atoms with Gasteiger partial charge in [0.05, 0.1) is 24.5 Å². The van der Waals surface area contributed by atoms with E-state index in [4.69, 9.17) is 4.74 Å². The number of ether oxygens (including phenoxy) is 1. The van der Waals surface area contributed by atoms with Crippen LogP contribution in [0.4, 0.5) is 15.8 Å². The lowest BCUT2D eigenvalue weighted by molar-refractivity contribution is -0.120. The molecule has 5 nitrogen and oxygen atoms in total. The molecule has 1 saturated heterocycles. The quantitative estimate of drug-likeness (QED) is 0.776. The minimum Gasteiger partial charge on any atom is -0.495 e. The Morgan fingerprint density at radius 3 is 2.56 bits per heavy atom. The molecule has 0 aromatic heterocycles. The number of piperazine rings is 1. The molecule has 1 aliphatic rings. The number of anilines is 2. The monoisotopic (exact) mass is 435 g/mol. The maximum Gasteiger partial charge on any atom is 0.241 e. The molecule has 2 aromatic carbocycles. The molecule has 144 valence electrons. The standard InChI is InChI=1S/C20H23BrFN3O2/c1-14(20(26)23-17-8-7-15(21)13-16(17)22)24-9-11-25(12-10-24)18-5-3-4-6-19(18)27-2/h3-8,13-14H,9-12H2,1-2H3,(H,23,26). The summed E-state index contributed by atoms with van der Waals surface area (Å²) < 4.78 is 20.0. The second-order valence-corrected chi connectivity index (χ2v) is 7.40. The largest absolute Gasteiger partial charge is 0.495 e. The highest BCUT2D eigenvalue weighted by molar-refractivity contribution is 9.10. The Labute approximate surface area is 167 Å². The Bertz CT molecular complexity index is 810. The fraction of sp³-hybridized carbons (Fsp3) is 0.350. The van der Waals surface area contributed by atoms with Crippen LogP contribution in [0.1, 0.15) is 6.92 Å². The number of nitrogens with one attached hydrogen (secondary N) is 1. The van der Waals surface area contributed by atoms with Gasteiger partial charge in [-0.15, -0.1) is 0 Å². The molecular weight excluding hydrogens is 413 g/mol. The normalized spacial score (nSPS) is 16.1. The third-order valence-electron chi connectivity index (χ3n) is 4.86. The number of amides is 1. The van der Waals surface area contributed by atoms with Gasteiger partial charge in [0.1, 0.15) is 11.6 Å². The van der Waals surface area contributed by atoms with Crippen LogP contribution in [-0.4, -0.2) is 50.1 Å². The summed E-state index contributed by atoms with van der Waals surface area (Å²) >= 11 is 3.21. The number of para-hydroxylation sites is 2. The topological polar surface area (TPSA) is 44.8 Å². The van der Waals surface area contributed by atoms with Crippen LogP contribution in [0, 0.1) is 5.82 Å². The van der Waals surface area contributed by atoms with Crippen LogP contribution in [-0.2, 0) is 4.79 Å². The van der Waals surface area contributed by atoms with Crippen LogP contribution in [0.2, 0.25) is 0 Å². The van der Waals surface area contributed by atoms with Gasteiger partial charge in [-0.3, -0.25) is 9.69 Å². The van der Waals surface area contributed by atoms with Gasteiger partial charge in [-0.05, 0) is 37.3 Å². The first-order chi connectivity index (χ1) is 13.0. The average Bonchev–Trinajstić information content (AvgIpc) is 2.69. The SMILES string of the molecule is COc1ccccc1N1CCN(C(C)C(=O)Nc2ccc(Br)cc2F)CC1. The fourth-order valence-electron chi connectivity index (χ4n) is 3.23. The molecule has 2 aromatic rings. The van der Waals surface area contributed by atoms with Crippen LogP contribution in [0.25, 0.3) is 0 Å². The summed E-state index contributed by atoms with van der Waals surface area (Å²) in [6.07, 6.45) is 0. The summed E-state index contributed by atoms with van der Waals surface area (Å²) in [6.45, 7) is 4.94. The molecule has 1 unspecified atom stereocenters. The highest BCUT2D eigenvalue weighted by Crippen LogP contribution is 2.28. The number of hydrogen-bond acceptors (Lipinski definition) is 4. The van der Waals surface area contributed by atoms with Gasteiger partial charge in [0.25, 0.3) is 0 Å². The average molecular weight is 436 g/mol. The Hall–Kier alpha value is -2.12. The molecule has 0 saturated carbocycles. The lowest BCUT2D eigenvalue weighted by Crippen LogP contribution is -2.52. The first-order valence-electron chi connectivity index (χ1n) is 8.87. The van der Waals surface area contributed by atoms with E-state index in [2.05, 4.69) is 31.0 Å². The second-order valence-electron chi connectivity index (χ2n) is 6.48. The van der Waals surface area contributed by atoms with E-state index in [0.717, 1.165) is 37.6 Å². The van der Waals surface area contributed by atoms with E-state index in [1.807, 2.05) is 31.2 Å². The van der Waals surface area contributed by atoms with E-state index in [1.165, 1.54) is 6.07 Å². The van der Waals surface area contributed by atoms with E-state index in [1.54, 1.807) is 19.2 Å². The van der Waals surface area contributed by atoms with Crippen molar-refractivity contribution in [3.05, 3.63) is 52.8 Å². The lowest BCUT2D eigenvalue weighted by atomic mass is 10.2. The van der Waals surface area contributed by atoms with E-state index >= 15 is 0 Å². The number of rotatable bonds is 5. The van der Waals surface area contributed by atoms with Crippen molar-refractivity contribution in [2.75, 3.05) is 43.5 Å². The van der Waals surface area contributed by atoms with Crippen molar-refractivity contribution < 1.29 is 13.9 Å². The van der Waals surface area contributed by atoms with Crippen molar-refractivity contribution in [2.45, 2.75) is 13.0 Å². The zero-order valence-electron chi connectivity index (χ0n) is 15.4. The minimum absolute atomic E-state index is 0.197. The van der Waals surface area contributed by atoms with Crippen LogP contribution < -0.4 is 15.0 Å². The van der Waals surface area contributed by atoms with Crippen molar-refractivity contribution >= 4 is 33.2 Å². The predicted molar refractivity (Wildman–Crippen MR) is 109 cm³/mol. The highest BCUT2D eigenvalue weighted by atomic mass is 79.9. The van der Waals surface area contributed by atoms with Gasteiger partial charge >= 0.3 is 0 Å². The minimum atomic E-state index is -0.453. The Kier molecular flexibility index (Phi) is 6.34. The summed E-state index contributed by atoms with van der Waals surface area (Å²) in [5.74, 6) is 0.190. The molecule has 0 radical (unpaired) electrons. The summed E-state index contributed by atoms with van der Waals surface area (Å²) in [5.41, 5.74) is 1.26. The van der Waals surface area contributed by atoms with Gasteiger partial charge in [-0.25, -0.2) is 4.39 Å². The third-order valence-corrected chi connectivity index (χ3v) is 5.35. The molecule has 3 rings (SSSR count). The first kappa shape index (κ1) is 19.6. The van der Waals surface area contributed by atoms with E-state index < -0.39 is 5.82 Å². The van der Waals surface area contributed by atoms with Crippen molar-refractivity contribution in [3.8, 4) is 5.75 Å². The zero-order chi connectivity index (χ0) is 19.4. The zero-order valence-corrected chi connectivity index (χ0v) is 17.0. The van der Waals surface area contributed by atoms with Crippen LogP contribution in [0.15, 0.2) is 46.9 Å². The molecule has 1 N–H and O–H groups in total. The van der Waals surface area contributed by atoms with Gasteiger partial charge in [0.15, 0.2) is 0 Å². The van der Waals surface area contributed by atoms with Gasteiger partial charge < -0.3 is 15.0 Å². The van der Waals surface area contributed by atoms with Gasteiger partial charge in [-0.2, -0.15) is 0 Å². The number of carbonyl (C=O) groups excluding carboxylic acids is 1. The molecular formula is C20H23BrFN3O2. The van der Waals surface area contributed by atoms with Crippen molar-refractivity contribution in [3.63, 3.8) is 0 Å². The summed E-state index contributed by atoms with van der Waals surface area (Å²) in [4.78, 5) is 16.9. The van der Waals surface area contributed by atoms with E-state index in [0.29, 0.717) is 4.47 Å². The molecule has 1 fully saturated rings. The van der Waals surface area contributed by atoms with Gasteiger partial charge in [0.2, 0.25) is 5.91 Å². The van der Waals surface area contributed by atoms with Gasteiger partial charge in [-0.1, -0.05) is 28.1 Å². The molecule has 1 aliphatic heterocycles. The van der Waals surface area contributed by atoms with Crippen LogP contribution in [0.5, 0.6) is 5.75 Å². The maximum absolute atomic E-state index is 13.9. The van der Waals surface area contributed by atoms with Crippen LogP contribution >= 0.6 is 15.9 Å². The Balaban J connectivity index is 1.59. The van der Waals surface area contributed by atoms with Crippen molar-refractivity contribution in [1.29, 1.82) is 0 Å². The molecule has 1 atom stereocenters. The summed E-state index contributed by atoms with van der Waals surface area (Å²) in [6, 6.07) is 12.2. The molecule has 27 heavy (non-hydrogen) atoms. The number of hydrogen-bond donors (Lipinski definition) is 1. The van der Waals surface area contributed by atoms with Gasteiger partial charge in [0, 0.05) is 30.7 Å². The molecule has 1 heterocycles. The van der Waals surface area contributed by atoms with Crippen LogP contribution in [0.3, 0.4) is 0 Å².